The molecule has 0 fully saturated rings. The number of aromatic nitrogens is 2. The summed E-state index contributed by atoms with van der Waals surface area (Å²) in [5.41, 5.74) is 1.38. The Hall–Kier alpha value is -2.51. The maximum absolute atomic E-state index is 12.8. The topological polar surface area (TPSA) is 61.3 Å². The third-order valence-corrected chi connectivity index (χ3v) is 4.38. The zero-order chi connectivity index (χ0) is 18.4. The number of hydrogen-bond donors (Lipinski definition) is 0. The lowest BCUT2D eigenvalue weighted by atomic mass is 10.3. The third-order valence-electron chi connectivity index (χ3n) is 3.29. The van der Waals surface area contributed by atoms with Crippen LogP contribution in [0, 0.1) is 5.82 Å². The van der Waals surface area contributed by atoms with Crippen LogP contribution in [-0.2, 0) is 29.2 Å². The van der Waals surface area contributed by atoms with Crippen LogP contribution in [0.25, 0.3) is 0 Å². The highest BCUT2D eigenvalue weighted by atomic mass is 35.5. The van der Waals surface area contributed by atoms with Crippen LogP contribution < -0.4 is 4.74 Å². The second kappa shape index (κ2) is 8.73. The van der Waals surface area contributed by atoms with Crippen LogP contribution >= 0.6 is 22.9 Å². The summed E-state index contributed by atoms with van der Waals surface area (Å²) in [4.78, 5) is 20.2. The molecule has 0 aliphatic carbocycles. The summed E-state index contributed by atoms with van der Waals surface area (Å²) in [7, 11) is 0. The average Bonchev–Trinajstić information content (AvgIpc) is 3.08. The minimum Gasteiger partial charge on any atom is -0.486 e. The lowest BCUT2D eigenvalue weighted by Gasteiger charge is -2.04. The molecule has 2 aromatic heterocycles. The van der Waals surface area contributed by atoms with Crippen molar-refractivity contribution in [2.24, 2.45) is 0 Å². The van der Waals surface area contributed by atoms with Crippen LogP contribution in [0.15, 0.2) is 48.0 Å². The quantitative estimate of drug-likeness (QED) is 0.445. The lowest BCUT2D eigenvalue weighted by molar-refractivity contribution is -0.144. The number of rotatable bonds is 7. The van der Waals surface area contributed by atoms with Crippen LogP contribution in [-0.4, -0.2) is 15.9 Å². The van der Waals surface area contributed by atoms with Crippen molar-refractivity contribution in [1.29, 1.82) is 0 Å². The molecule has 0 aliphatic heterocycles. The van der Waals surface area contributed by atoms with Gasteiger partial charge in [-0.3, -0.25) is 4.79 Å². The molecular weight excluding hydrogens is 379 g/mol. The molecule has 0 radical (unpaired) electrons. The van der Waals surface area contributed by atoms with Crippen LogP contribution in [0.3, 0.4) is 0 Å². The van der Waals surface area contributed by atoms with Gasteiger partial charge >= 0.3 is 5.97 Å². The molecule has 0 unspecified atom stereocenters. The van der Waals surface area contributed by atoms with Gasteiger partial charge in [0, 0.05) is 17.1 Å². The van der Waals surface area contributed by atoms with Crippen LogP contribution in [0.2, 0.25) is 5.15 Å². The summed E-state index contributed by atoms with van der Waals surface area (Å²) in [6.45, 7) is 0.384. The molecule has 0 N–H and O–H groups in total. The standard InChI is InChI=1S/C18H14ClFN2O3S/c19-16-6-1-12(8-21-16)9-25-18(23)7-14-11-26-17(22-14)10-24-15-4-2-13(20)3-5-15/h1-6,8,11H,7,9-10H2. The van der Waals surface area contributed by atoms with Crippen LogP contribution in [0.4, 0.5) is 4.39 Å². The van der Waals surface area contributed by atoms with Crippen molar-refractivity contribution in [3.05, 3.63) is 75.2 Å². The Balaban J connectivity index is 1.45. The molecule has 0 spiro atoms. The zero-order valence-electron chi connectivity index (χ0n) is 13.5. The molecule has 0 amide bonds. The van der Waals surface area contributed by atoms with Gasteiger partial charge in [-0.05, 0) is 30.3 Å². The predicted octanol–water partition coefficient (Wildman–Crippen LogP) is 4.20. The van der Waals surface area contributed by atoms with E-state index in [1.54, 1.807) is 35.8 Å². The first kappa shape index (κ1) is 18.3. The van der Waals surface area contributed by atoms with E-state index in [1.165, 1.54) is 23.5 Å². The molecule has 0 aliphatic rings. The van der Waals surface area contributed by atoms with E-state index in [-0.39, 0.29) is 31.4 Å². The molecule has 0 saturated carbocycles. The Morgan fingerprint density at radius 3 is 2.69 bits per heavy atom. The van der Waals surface area contributed by atoms with Crippen molar-refractivity contribution in [2.75, 3.05) is 0 Å². The minimum atomic E-state index is -0.378. The van der Waals surface area contributed by atoms with Gasteiger partial charge in [0.05, 0.1) is 12.1 Å². The summed E-state index contributed by atoms with van der Waals surface area (Å²) in [5, 5.41) is 2.89. The van der Waals surface area contributed by atoms with Crippen LogP contribution in [0.1, 0.15) is 16.3 Å². The van der Waals surface area contributed by atoms with Gasteiger partial charge in [-0.15, -0.1) is 11.3 Å². The summed E-state index contributed by atoms with van der Waals surface area (Å²) < 4.78 is 23.6. The Bertz CT molecular complexity index is 869. The van der Waals surface area contributed by atoms with Gasteiger partial charge in [-0.2, -0.15) is 0 Å². The molecule has 0 saturated heterocycles. The Kier molecular flexibility index (Phi) is 6.14. The zero-order valence-corrected chi connectivity index (χ0v) is 15.1. The molecule has 2 heterocycles. The number of ether oxygens (including phenoxy) is 2. The Morgan fingerprint density at radius 1 is 1.15 bits per heavy atom. The van der Waals surface area contributed by atoms with Crippen LogP contribution in [0.5, 0.6) is 5.75 Å². The number of esters is 1. The van der Waals surface area contributed by atoms with Gasteiger partial charge in [0.2, 0.25) is 0 Å². The number of carbonyl (C=O) groups is 1. The fraction of sp³-hybridized carbons (Fsp3) is 0.167. The lowest BCUT2D eigenvalue weighted by Crippen LogP contribution is -2.08. The van der Waals surface area contributed by atoms with E-state index < -0.39 is 0 Å². The molecule has 134 valence electrons. The molecule has 8 heteroatoms. The average molecular weight is 393 g/mol. The van der Waals surface area contributed by atoms with Gasteiger partial charge in [0.25, 0.3) is 0 Å². The molecule has 1 aromatic carbocycles. The van der Waals surface area contributed by atoms with E-state index >= 15 is 0 Å². The van der Waals surface area contributed by atoms with Gasteiger partial charge in [0.15, 0.2) is 0 Å². The molecular formula is C18H14ClFN2O3S. The number of benzene rings is 1. The summed E-state index contributed by atoms with van der Waals surface area (Å²) in [6, 6.07) is 9.14. The second-order valence-corrected chi connectivity index (χ2v) is 6.63. The SMILES string of the molecule is O=C(Cc1csc(COc2ccc(F)cc2)n1)OCc1ccc(Cl)nc1. The van der Waals surface area contributed by atoms with Crippen molar-refractivity contribution in [2.45, 2.75) is 19.6 Å². The van der Waals surface area contributed by atoms with Gasteiger partial charge in [-0.1, -0.05) is 17.7 Å². The van der Waals surface area contributed by atoms with E-state index in [0.29, 0.717) is 16.6 Å². The summed E-state index contributed by atoms with van der Waals surface area (Å²) in [6.07, 6.45) is 1.64. The maximum Gasteiger partial charge on any atom is 0.312 e. The molecule has 26 heavy (non-hydrogen) atoms. The highest BCUT2D eigenvalue weighted by molar-refractivity contribution is 7.09. The van der Waals surface area contributed by atoms with E-state index in [2.05, 4.69) is 9.97 Å². The van der Waals surface area contributed by atoms with Crippen molar-refractivity contribution >= 4 is 28.9 Å². The van der Waals surface area contributed by atoms with E-state index in [1.807, 2.05) is 0 Å². The number of pyridine rings is 1. The maximum atomic E-state index is 12.8. The molecule has 3 aromatic rings. The van der Waals surface area contributed by atoms with E-state index in [9.17, 15) is 9.18 Å². The van der Waals surface area contributed by atoms with Crippen molar-refractivity contribution in [1.82, 2.24) is 9.97 Å². The normalized spacial score (nSPS) is 10.5. The van der Waals surface area contributed by atoms with E-state index in [0.717, 1.165) is 10.6 Å². The smallest absolute Gasteiger partial charge is 0.312 e. The first-order valence-corrected chi connectivity index (χ1v) is 8.92. The largest absolute Gasteiger partial charge is 0.486 e. The Morgan fingerprint density at radius 2 is 1.96 bits per heavy atom. The molecule has 0 bridgehead atoms. The van der Waals surface area contributed by atoms with Crippen molar-refractivity contribution in [3.8, 4) is 5.75 Å². The minimum absolute atomic E-state index is 0.0774. The monoisotopic (exact) mass is 392 g/mol. The van der Waals surface area contributed by atoms with Crippen molar-refractivity contribution < 1.29 is 18.7 Å². The number of thiazole rings is 1. The highest BCUT2D eigenvalue weighted by Gasteiger charge is 2.10. The predicted molar refractivity (Wildman–Crippen MR) is 95.6 cm³/mol. The van der Waals surface area contributed by atoms with E-state index in [4.69, 9.17) is 21.1 Å². The Labute approximate surface area is 158 Å². The van der Waals surface area contributed by atoms with Crippen molar-refractivity contribution in [3.63, 3.8) is 0 Å². The summed E-state index contributed by atoms with van der Waals surface area (Å²) >= 11 is 7.09. The number of nitrogens with zero attached hydrogens (tertiary/aromatic N) is 2. The number of carbonyl (C=O) groups excluding carboxylic acids is 1. The fourth-order valence-corrected chi connectivity index (χ4v) is 2.84. The second-order valence-electron chi connectivity index (χ2n) is 5.30. The first-order valence-electron chi connectivity index (χ1n) is 7.66. The fourth-order valence-electron chi connectivity index (χ4n) is 2.03. The highest BCUT2D eigenvalue weighted by Crippen LogP contribution is 2.16. The van der Waals surface area contributed by atoms with Gasteiger partial charge < -0.3 is 9.47 Å². The molecule has 3 rings (SSSR count). The summed E-state index contributed by atoms with van der Waals surface area (Å²) in [5.74, 6) is -0.142. The van der Waals surface area contributed by atoms with Gasteiger partial charge in [-0.25, -0.2) is 14.4 Å². The van der Waals surface area contributed by atoms with Gasteiger partial charge in [0.1, 0.15) is 34.9 Å². The number of halogens is 2. The third kappa shape index (κ3) is 5.50. The molecule has 0 atom stereocenters. The molecule has 5 nitrogen and oxygen atoms in total. The number of hydrogen-bond acceptors (Lipinski definition) is 6. The first-order chi connectivity index (χ1) is 12.6.